The van der Waals surface area contributed by atoms with Gasteiger partial charge in [0.05, 0.1) is 6.61 Å². The number of aryl methyl sites for hydroxylation is 1. The zero-order valence-electron chi connectivity index (χ0n) is 12.9. The Bertz CT molecular complexity index is 718. The molecule has 1 aromatic heterocycles. The summed E-state index contributed by atoms with van der Waals surface area (Å²) < 4.78 is 33.8. The number of ether oxygens (including phenoxy) is 2. The van der Waals surface area contributed by atoms with Gasteiger partial charge in [-0.05, 0) is 19.1 Å². The van der Waals surface area contributed by atoms with E-state index in [2.05, 4.69) is 9.51 Å². The Morgan fingerprint density at radius 2 is 2.26 bits per heavy atom. The molecule has 2 heterocycles. The molecule has 0 aliphatic carbocycles. The molecule has 9 nitrogen and oxygen atoms in total. The Labute approximate surface area is 137 Å². The van der Waals surface area contributed by atoms with Gasteiger partial charge >= 0.3 is 7.82 Å². The van der Waals surface area contributed by atoms with E-state index in [0.717, 1.165) is 7.11 Å². The fourth-order valence-corrected chi connectivity index (χ4v) is 3.22. The average molecular weight is 366 g/mol. The topological polar surface area (TPSA) is 112 Å². The summed E-state index contributed by atoms with van der Waals surface area (Å²) in [4.78, 5) is 23.6. The van der Waals surface area contributed by atoms with Crippen LogP contribution in [0.2, 0.25) is 0 Å². The number of aromatic amines is 1. The highest BCUT2D eigenvalue weighted by atomic mass is 32.1. The van der Waals surface area contributed by atoms with E-state index in [0.29, 0.717) is 5.56 Å². The highest BCUT2D eigenvalue weighted by molar-refractivity contribution is 7.71. The Morgan fingerprint density at radius 1 is 1.57 bits per heavy atom. The van der Waals surface area contributed by atoms with E-state index in [4.69, 9.17) is 26.2 Å². The molecule has 2 rings (SSSR count). The molecule has 1 aliphatic rings. The maximum Gasteiger partial charge on any atom is 0.472 e. The van der Waals surface area contributed by atoms with E-state index in [1.807, 2.05) is 0 Å². The number of H-pyrrole nitrogens is 1. The third kappa shape index (κ3) is 4.36. The molecule has 0 spiro atoms. The number of hydrogen-bond donors (Lipinski definition) is 2. The second-order valence-corrected chi connectivity index (χ2v) is 6.99. The molecule has 4 atom stereocenters. The first-order valence-electron chi connectivity index (χ1n) is 6.81. The van der Waals surface area contributed by atoms with Gasteiger partial charge in [-0.1, -0.05) is 0 Å². The molecule has 0 saturated carbocycles. The molecule has 1 fully saturated rings. The summed E-state index contributed by atoms with van der Waals surface area (Å²) in [6.07, 6.45) is -0.0195. The van der Waals surface area contributed by atoms with Crippen molar-refractivity contribution in [1.82, 2.24) is 9.55 Å². The van der Waals surface area contributed by atoms with Gasteiger partial charge in [0.25, 0.3) is 5.56 Å². The Morgan fingerprint density at radius 3 is 2.87 bits per heavy atom. The molecule has 2 unspecified atom stereocenters. The maximum atomic E-state index is 11.6. The van der Waals surface area contributed by atoms with E-state index in [1.54, 1.807) is 17.7 Å². The van der Waals surface area contributed by atoms with E-state index < -0.39 is 26.3 Å². The Hall–Kier alpha value is -0.870. The van der Waals surface area contributed by atoms with E-state index in [9.17, 15) is 14.3 Å². The quantitative estimate of drug-likeness (QED) is 0.572. The third-order valence-corrected chi connectivity index (χ3v) is 4.78. The zero-order valence-corrected chi connectivity index (χ0v) is 14.6. The van der Waals surface area contributed by atoms with E-state index in [-0.39, 0.29) is 23.4 Å². The average Bonchev–Trinajstić information content (AvgIpc) is 2.85. The lowest BCUT2D eigenvalue weighted by molar-refractivity contribution is -0.0539. The monoisotopic (exact) mass is 366 g/mol. The number of nitrogens with one attached hydrogen (secondary N) is 1. The normalized spacial score (nSPS) is 27.0. The van der Waals surface area contributed by atoms with Gasteiger partial charge in [0.1, 0.15) is 18.4 Å². The first kappa shape index (κ1) is 18.5. The zero-order chi connectivity index (χ0) is 17.2. The molecule has 130 valence electrons. The highest BCUT2D eigenvalue weighted by Crippen LogP contribution is 2.47. The van der Waals surface area contributed by atoms with Gasteiger partial charge in [-0.15, -0.1) is 0 Å². The molecule has 0 bridgehead atoms. The van der Waals surface area contributed by atoms with Crippen LogP contribution in [0.1, 0.15) is 18.2 Å². The molecule has 1 aromatic rings. The van der Waals surface area contributed by atoms with Crippen molar-refractivity contribution < 1.29 is 28.0 Å². The number of rotatable bonds is 6. The second kappa shape index (κ2) is 7.35. The van der Waals surface area contributed by atoms with Crippen molar-refractivity contribution in [3.8, 4) is 0 Å². The molecular formula is C12H19N2O7PS. The lowest BCUT2D eigenvalue weighted by atomic mass is 10.2. The summed E-state index contributed by atoms with van der Waals surface area (Å²) in [5, 5.41) is 0. The van der Waals surface area contributed by atoms with E-state index >= 15 is 0 Å². The predicted octanol–water partition coefficient (Wildman–Crippen LogP) is 1.28. The molecule has 0 radical (unpaired) electrons. The Balaban J connectivity index is 2.26. The van der Waals surface area contributed by atoms with Gasteiger partial charge in [0.15, 0.2) is 4.77 Å². The number of nitrogens with zero attached hydrogens (tertiary/aromatic N) is 1. The molecule has 0 aromatic carbocycles. The maximum absolute atomic E-state index is 11.6. The second-order valence-electron chi connectivity index (χ2n) is 5.09. The molecule has 1 saturated heterocycles. The summed E-state index contributed by atoms with van der Waals surface area (Å²) >= 11 is 5.14. The summed E-state index contributed by atoms with van der Waals surface area (Å²) in [5.74, 6) is 0. The van der Waals surface area contributed by atoms with Crippen LogP contribution in [0.3, 0.4) is 0 Å². The molecular weight excluding hydrogens is 347 g/mol. The lowest BCUT2D eigenvalue weighted by Crippen LogP contribution is -2.28. The standard InChI is InChI=1S/C12H19N2O7PS/c1-7-5-14(12(23)13-11(7)15)10-4-8(9(20-10)6-18-2)21-22(16,17)19-3/h5,8-10H,4,6H2,1-3H3,(H,16,17)(H,13,15,23)/t8?,9-,10-/m1/s1. The molecule has 1 aliphatic heterocycles. The summed E-state index contributed by atoms with van der Waals surface area (Å²) in [6.45, 7) is 1.81. The fraction of sp³-hybridized carbons (Fsp3) is 0.667. The number of methoxy groups -OCH3 is 1. The van der Waals surface area contributed by atoms with Crippen molar-refractivity contribution in [3.63, 3.8) is 0 Å². The van der Waals surface area contributed by atoms with Crippen LogP contribution >= 0.6 is 20.0 Å². The van der Waals surface area contributed by atoms with Crippen molar-refractivity contribution in [2.45, 2.75) is 31.8 Å². The minimum absolute atomic E-state index is 0.167. The van der Waals surface area contributed by atoms with E-state index in [1.165, 1.54) is 7.11 Å². The number of phosphoric ester groups is 1. The Kier molecular flexibility index (Phi) is 5.90. The molecule has 11 heteroatoms. The lowest BCUT2D eigenvalue weighted by Gasteiger charge is -2.19. The molecule has 2 N–H and O–H groups in total. The van der Waals surface area contributed by atoms with Crippen molar-refractivity contribution in [1.29, 1.82) is 0 Å². The smallest absolute Gasteiger partial charge is 0.382 e. The minimum atomic E-state index is -4.16. The number of hydrogen-bond acceptors (Lipinski definition) is 7. The largest absolute Gasteiger partial charge is 0.472 e. The van der Waals surface area contributed by atoms with Gasteiger partial charge in [-0.2, -0.15) is 0 Å². The SMILES string of the molecule is COC[C@H]1O[C@@H](n2cc(C)c(=O)[nH]c2=S)CC1OP(=O)(O)OC. The molecule has 23 heavy (non-hydrogen) atoms. The first-order valence-corrected chi connectivity index (χ1v) is 8.71. The van der Waals surface area contributed by atoms with Gasteiger partial charge in [-0.25, -0.2) is 4.57 Å². The summed E-state index contributed by atoms with van der Waals surface area (Å²) in [5.41, 5.74) is 0.198. The van der Waals surface area contributed by atoms with Crippen LogP contribution < -0.4 is 5.56 Å². The summed E-state index contributed by atoms with van der Waals surface area (Å²) in [7, 11) is -1.59. The van der Waals surface area contributed by atoms with Crippen LogP contribution in [0.5, 0.6) is 0 Å². The number of aromatic nitrogens is 2. The van der Waals surface area contributed by atoms with Crippen LogP contribution in [0, 0.1) is 11.7 Å². The van der Waals surface area contributed by atoms with Crippen LogP contribution in [0.25, 0.3) is 0 Å². The summed E-state index contributed by atoms with van der Waals surface area (Å²) in [6, 6.07) is 0. The minimum Gasteiger partial charge on any atom is -0.382 e. The number of phosphoric acid groups is 1. The van der Waals surface area contributed by atoms with Gasteiger partial charge in [-0.3, -0.25) is 23.4 Å². The predicted molar refractivity (Wildman–Crippen MR) is 82.7 cm³/mol. The van der Waals surface area contributed by atoms with Crippen molar-refractivity contribution in [2.24, 2.45) is 0 Å². The van der Waals surface area contributed by atoms with Crippen molar-refractivity contribution in [2.75, 3.05) is 20.8 Å². The van der Waals surface area contributed by atoms with Crippen LogP contribution in [0.15, 0.2) is 11.0 Å². The van der Waals surface area contributed by atoms with Gasteiger partial charge in [0, 0.05) is 32.4 Å². The van der Waals surface area contributed by atoms with Crippen LogP contribution in [-0.4, -0.2) is 47.5 Å². The third-order valence-electron chi connectivity index (χ3n) is 3.47. The van der Waals surface area contributed by atoms with Crippen molar-refractivity contribution >= 4 is 20.0 Å². The highest BCUT2D eigenvalue weighted by Gasteiger charge is 2.41. The molecule has 0 amide bonds. The van der Waals surface area contributed by atoms with Gasteiger partial charge < -0.3 is 14.4 Å². The van der Waals surface area contributed by atoms with Crippen LogP contribution in [0.4, 0.5) is 0 Å². The van der Waals surface area contributed by atoms with Gasteiger partial charge in [0.2, 0.25) is 0 Å². The van der Waals surface area contributed by atoms with Crippen LogP contribution in [-0.2, 0) is 23.1 Å². The van der Waals surface area contributed by atoms with Crippen molar-refractivity contribution in [3.05, 3.63) is 26.9 Å². The fourth-order valence-electron chi connectivity index (χ4n) is 2.31. The first-order chi connectivity index (χ1) is 10.8.